The molecular weight excluding hydrogens is 496 g/mol. The minimum atomic E-state index is -0.101. The van der Waals surface area contributed by atoms with E-state index in [2.05, 4.69) is 86.2 Å². The molecule has 2 aromatic carbocycles. The fraction of sp³-hybridized carbons (Fsp3) is 0.485. The Morgan fingerprint density at radius 3 is 2.40 bits per heavy atom. The number of nitrogens with zero attached hydrogens (tertiary/aromatic N) is 6. The highest BCUT2D eigenvalue weighted by atomic mass is 16.5. The molecule has 210 valence electrons. The van der Waals surface area contributed by atoms with Crippen LogP contribution in [0.5, 0.6) is 5.75 Å². The molecule has 2 aliphatic rings. The van der Waals surface area contributed by atoms with Crippen LogP contribution in [0, 0.1) is 6.92 Å². The SMILES string of the molecule is COc1ccc(N2CCN(c3nc(Cc4cc(C(C)(C)C)ccc4C)c4c(ncn4C4CC4)n3)CC2(C)C)cc1. The van der Waals surface area contributed by atoms with Gasteiger partial charge >= 0.3 is 0 Å². The lowest BCUT2D eigenvalue weighted by Gasteiger charge is -2.48. The predicted molar refractivity (Wildman–Crippen MR) is 163 cm³/mol. The van der Waals surface area contributed by atoms with E-state index in [1.54, 1.807) is 7.11 Å². The molecule has 1 aliphatic carbocycles. The first-order chi connectivity index (χ1) is 19.0. The molecule has 0 N–H and O–H groups in total. The number of aryl methyl sites for hydroxylation is 1. The van der Waals surface area contributed by atoms with Crippen LogP contribution in [0.4, 0.5) is 11.6 Å². The van der Waals surface area contributed by atoms with Crippen LogP contribution in [0.2, 0.25) is 0 Å². The first kappa shape index (κ1) is 26.6. The standard InChI is InChI=1S/C33H42N6O/c1-22-8-9-24(32(2,3)4)18-23(22)19-28-29-30(34-21-38(29)25-10-11-25)36-31(35-28)37-16-17-39(33(5,6)20-37)26-12-14-27(40-7)15-13-26/h8-9,12-15,18,21,25H,10-11,16-17,19-20H2,1-7H3. The third-order valence-corrected chi connectivity index (χ3v) is 8.57. The van der Waals surface area contributed by atoms with Crippen molar-refractivity contribution in [2.24, 2.45) is 0 Å². The fourth-order valence-electron chi connectivity index (χ4n) is 5.97. The van der Waals surface area contributed by atoms with Gasteiger partial charge in [-0.3, -0.25) is 0 Å². The summed E-state index contributed by atoms with van der Waals surface area (Å²) in [5.41, 5.74) is 8.17. The van der Waals surface area contributed by atoms with Crippen molar-refractivity contribution in [2.45, 2.75) is 77.8 Å². The number of ether oxygens (including phenoxy) is 1. The minimum absolute atomic E-state index is 0.0968. The Hall–Kier alpha value is -3.61. The molecule has 2 fully saturated rings. The summed E-state index contributed by atoms with van der Waals surface area (Å²) in [5, 5.41) is 0. The molecule has 3 heterocycles. The molecule has 0 bridgehead atoms. The second kappa shape index (κ2) is 9.79. The third-order valence-electron chi connectivity index (χ3n) is 8.57. The zero-order valence-corrected chi connectivity index (χ0v) is 25.0. The lowest BCUT2D eigenvalue weighted by Crippen LogP contribution is -2.60. The Balaban J connectivity index is 1.35. The van der Waals surface area contributed by atoms with Crippen LogP contribution >= 0.6 is 0 Å². The second-order valence-electron chi connectivity index (χ2n) is 13.2. The summed E-state index contributed by atoms with van der Waals surface area (Å²) in [4.78, 5) is 20.0. The first-order valence-electron chi connectivity index (χ1n) is 14.5. The van der Waals surface area contributed by atoms with Gasteiger partial charge in [-0.25, -0.2) is 9.97 Å². The van der Waals surface area contributed by atoms with E-state index in [0.29, 0.717) is 6.04 Å². The number of hydrogen-bond donors (Lipinski definition) is 0. The molecule has 1 saturated carbocycles. The number of benzene rings is 2. The summed E-state index contributed by atoms with van der Waals surface area (Å²) in [6, 6.07) is 15.8. The van der Waals surface area contributed by atoms with Crippen LogP contribution in [0.1, 0.15) is 75.9 Å². The average Bonchev–Trinajstić information content (AvgIpc) is 3.67. The molecule has 7 nitrogen and oxygen atoms in total. The lowest BCUT2D eigenvalue weighted by atomic mass is 9.84. The molecule has 0 unspecified atom stereocenters. The van der Waals surface area contributed by atoms with E-state index in [1.165, 1.54) is 35.2 Å². The van der Waals surface area contributed by atoms with Gasteiger partial charge in [-0.15, -0.1) is 0 Å². The Bertz CT molecular complexity index is 1530. The Kier molecular flexibility index (Phi) is 6.51. The first-order valence-corrected chi connectivity index (χ1v) is 14.5. The molecular formula is C33H42N6O. The van der Waals surface area contributed by atoms with Gasteiger partial charge in [0.15, 0.2) is 5.65 Å². The van der Waals surface area contributed by atoms with E-state index in [4.69, 9.17) is 19.7 Å². The van der Waals surface area contributed by atoms with E-state index in [9.17, 15) is 0 Å². The zero-order valence-electron chi connectivity index (χ0n) is 25.0. The van der Waals surface area contributed by atoms with Gasteiger partial charge in [0, 0.05) is 37.8 Å². The summed E-state index contributed by atoms with van der Waals surface area (Å²) < 4.78 is 7.69. The van der Waals surface area contributed by atoms with Crippen LogP contribution in [0.3, 0.4) is 0 Å². The van der Waals surface area contributed by atoms with Crippen LogP contribution < -0.4 is 14.5 Å². The van der Waals surface area contributed by atoms with Gasteiger partial charge in [0.1, 0.15) is 11.3 Å². The quantitative estimate of drug-likeness (QED) is 0.280. The van der Waals surface area contributed by atoms with Gasteiger partial charge in [-0.1, -0.05) is 39.0 Å². The highest BCUT2D eigenvalue weighted by Crippen LogP contribution is 2.39. The van der Waals surface area contributed by atoms with Crippen molar-refractivity contribution in [3.63, 3.8) is 0 Å². The van der Waals surface area contributed by atoms with Crippen molar-refractivity contribution in [2.75, 3.05) is 36.5 Å². The monoisotopic (exact) mass is 538 g/mol. The molecule has 0 spiro atoms. The van der Waals surface area contributed by atoms with E-state index >= 15 is 0 Å². The van der Waals surface area contributed by atoms with Gasteiger partial charge < -0.3 is 19.1 Å². The smallest absolute Gasteiger partial charge is 0.227 e. The Labute approximate surface area is 238 Å². The van der Waals surface area contributed by atoms with Crippen molar-refractivity contribution in [1.82, 2.24) is 19.5 Å². The summed E-state index contributed by atoms with van der Waals surface area (Å²) in [6.07, 6.45) is 5.16. The summed E-state index contributed by atoms with van der Waals surface area (Å²) in [7, 11) is 1.71. The fourth-order valence-corrected chi connectivity index (χ4v) is 5.97. The van der Waals surface area contributed by atoms with Gasteiger partial charge in [-0.05, 0) is 80.0 Å². The topological polar surface area (TPSA) is 59.3 Å². The van der Waals surface area contributed by atoms with E-state index in [0.717, 1.165) is 54.6 Å². The normalized spacial score (nSPS) is 17.5. The van der Waals surface area contributed by atoms with Crippen molar-refractivity contribution < 1.29 is 4.74 Å². The highest BCUT2D eigenvalue weighted by Gasteiger charge is 2.36. The summed E-state index contributed by atoms with van der Waals surface area (Å²) in [6.45, 7) is 16.2. The molecule has 2 aromatic heterocycles. The lowest BCUT2D eigenvalue weighted by molar-refractivity contribution is 0.408. The number of rotatable bonds is 6. The molecule has 4 aromatic rings. The van der Waals surface area contributed by atoms with Crippen molar-refractivity contribution in [3.8, 4) is 5.75 Å². The summed E-state index contributed by atoms with van der Waals surface area (Å²) in [5.74, 6) is 1.67. The number of anilines is 2. The van der Waals surface area contributed by atoms with Crippen LogP contribution in [0.15, 0.2) is 48.8 Å². The molecule has 40 heavy (non-hydrogen) atoms. The highest BCUT2D eigenvalue weighted by molar-refractivity contribution is 5.76. The van der Waals surface area contributed by atoms with E-state index in [-0.39, 0.29) is 11.0 Å². The maximum absolute atomic E-state index is 5.37. The maximum atomic E-state index is 5.37. The number of piperazine rings is 1. The zero-order chi connectivity index (χ0) is 28.2. The van der Waals surface area contributed by atoms with Crippen molar-refractivity contribution in [1.29, 1.82) is 0 Å². The summed E-state index contributed by atoms with van der Waals surface area (Å²) >= 11 is 0. The van der Waals surface area contributed by atoms with E-state index < -0.39 is 0 Å². The van der Waals surface area contributed by atoms with Crippen molar-refractivity contribution >= 4 is 22.8 Å². The largest absolute Gasteiger partial charge is 0.497 e. The molecule has 6 rings (SSSR count). The number of imidazole rings is 1. The third kappa shape index (κ3) is 5.02. The van der Waals surface area contributed by atoms with Crippen molar-refractivity contribution in [3.05, 3.63) is 71.2 Å². The number of methoxy groups -OCH3 is 1. The van der Waals surface area contributed by atoms with Crippen LogP contribution in [-0.4, -0.2) is 51.8 Å². The molecule has 7 heteroatoms. The predicted octanol–water partition coefficient (Wildman–Crippen LogP) is 6.47. The molecule has 1 aliphatic heterocycles. The number of fused-ring (bicyclic) bond motifs is 1. The molecule has 1 saturated heterocycles. The Morgan fingerprint density at radius 1 is 1.00 bits per heavy atom. The minimum Gasteiger partial charge on any atom is -0.497 e. The number of aromatic nitrogens is 4. The van der Waals surface area contributed by atoms with Crippen LogP contribution in [-0.2, 0) is 11.8 Å². The Morgan fingerprint density at radius 2 is 1.75 bits per heavy atom. The average molecular weight is 539 g/mol. The van der Waals surface area contributed by atoms with E-state index in [1.807, 2.05) is 18.5 Å². The molecule has 0 atom stereocenters. The van der Waals surface area contributed by atoms with Crippen LogP contribution in [0.25, 0.3) is 11.2 Å². The maximum Gasteiger partial charge on any atom is 0.227 e. The van der Waals surface area contributed by atoms with Gasteiger partial charge in [-0.2, -0.15) is 4.98 Å². The van der Waals surface area contributed by atoms with Gasteiger partial charge in [0.05, 0.1) is 24.7 Å². The van der Waals surface area contributed by atoms with Gasteiger partial charge in [0.2, 0.25) is 5.95 Å². The molecule has 0 radical (unpaired) electrons. The second-order valence-corrected chi connectivity index (χ2v) is 13.2. The number of hydrogen-bond acceptors (Lipinski definition) is 6. The molecule has 0 amide bonds. The van der Waals surface area contributed by atoms with Gasteiger partial charge in [0.25, 0.3) is 0 Å².